The topological polar surface area (TPSA) is 60.9 Å². The number of hydrogen-bond donors (Lipinski definition) is 1. The Balaban J connectivity index is 1.66. The molecule has 1 saturated carbocycles. The second kappa shape index (κ2) is 8.15. The van der Waals surface area contributed by atoms with Crippen molar-refractivity contribution in [2.24, 2.45) is 5.92 Å². The van der Waals surface area contributed by atoms with Gasteiger partial charge in [-0.3, -0.25) is 14.5 Å². The van der Waals surface area contributed by atoms with Crippen LogP contribution in [0.4, 0.5) is 0 Å². The van der Waals surface area contributed by atoms with Crippen molar-refractivity contribution in [2.45, 2.75) is 50.7 Å². The molecule has 2 aliphatic rings. The maximum atomic E-state index is 12.7. The molecule has 1 heterocycles. The molecule has 5 nitrogen and oxygen atoms in total. The molecular formula is C19H24Cl2N2O3. The van der Waals surface area contributed by atoms with Crippen molar-refractivity contribution in [3.05, 3.63) is 33.8 Å². The summed E-state index contributed by atoms with van der Waals surface area (Å²) < 4.78 is 0. The summed E-state index contributed by atoms with van der Waals surface area (Å²) >= 11 is 12.0. The number of carbonyl (C=O) groups is 2. The van der Waals surface area contributed by atoms with E-state index in [9.17, 15) is 14.7 Å². The van der Waals surface area contributed by atoms with Crippen LogP contribution in [0.3, 0.4) is 0 Å². The summed E-state index contributed by atoms with van der Waals surface area (Å²) in [5, 5.41) is 10.5. The van der Waals surface area contributed by atoms with E-state index in [0.29, 0.717) is 28.9 Å². The minimum Gasteiger partial charge on any atom is -0.480 e. The summed E-state index contributed by atoms with van der Waals surface area (Å²) in [6, 6.07) is 4.97. The summed E-state index contributed by atoms with van der Waals surface area (Å²) in [6.07, 6.45) is 4.98. The van der Waals surface area contributed by atoms with Crippen LogP contribution in [0.15, 0.2) is 18.2 Å². The Morgan fingerprint density at radius 2 is 1.96 bits per heavy atom. The average molecular weight is 399 g/mol. The minimum absolute atomic E-state index is 0.0754. The predicted molar refractivity (Wildman–Crippen MR) is 101 cm³/mol. The molecule has 0 bridgehead atoms. The quantitative estimate of drug-likeness (QED) is 0.821. The van der Waals surface area contributed by atoms with Crippen LogP contribution >= 0.6 is 23.2 Å². The van der Waals surface area contributed by atoms with Crippen molar-refractivity contribution < 1.29 is 14.7 Å². The first kappa shape index (κ1) is 19.5. The Hall–Kier alpha value is -1.30. The lowest BCUT2D eigenvalue weighted by molar-refractivity contribution is -0.144. The third-order valence-corrected chi connectivity index (χ3v) is 6.39. The number of carboxylic acid groups (broad SMARTS) is 1. The van der Waals surface area contributed by atoms with Gasteiger partial charge in [0.2, 0.25) is 5.91 Å². The molecule has 1 N–H and O–H groups in total. The van der Waals surface area contributed by atoms with E-state index in [0.717, 1.165) is 31.2 Å². The Labute approximate surface area is 163 Å². The highest BCUT2D eigenvalue weighted by molar-refractivity contribution is 6.42. The van der Waals surface area contributed by atoms with E-state index in [-0.39, 0.29) is 18.5 Å². The normalized spacial score (nSPS) is 25.7. The lowest BCUT2D eigenvalue weighted by atomic mass is 9.85. The fraction of sp³-hybridized carbons (Fsp3) is 0.579. The average Bonchev–Trinajstić information content (AvgIpc) is 2.97. The Bertz CT molecular complexity index is 697. The van der Waals surface area contributed by atoms with Crippen LogP contribution in [-0.4, -0.2) is 52.5 Å². The maximum absolute atomic E-state index is 12.7. The molecule has 1 aliphatic carbocycles. The van der Waals surface area contributed by atoms with E-state index < -0.39 is 12.0 Å². The lowest BCUT2D eigenvalue weighted by Gasteiger charge is -2.33. The van der Waals surface area contributed by atoms with Gasteiger partial charge in [0.05, 0.1) is 16.6 Å². The number of aliphatic carboxylic acids is 1. The van der Waals surface area contributed by atoms with Gasteiger partial charge in [-0.15, -0.1) is 0 Å². The highest BCUT2D eigenvalue weighted by Crippen LogP contribution is 2.39. The van der Waals surface area contributed by atoms with E-state index in [1.807, 2.05) is 11.0 Å². The van der Waals surface area contributed by atoms with Gasteiger partial charge in [0.1, 0.15) is 6.04 Å². The Kier molecular flexibility index (Phi) is 6.10. The number of benzene rings is 1. The van der Waals surface area contributed by atoms with Crippen LogP contribution in [0.1, 0.15) is 37.7 Å². The van der Waals surface area contributed by atoms with Crippen molar-refractivity contribution in [2.75, 3.05) is 13.6 Å². The maximum Gasteiger partial charge on any atom is 0.320 e. The third-order valence-electron chi connectivity index (χ3n) is 5.65. The summed E-state index contributed by atoms with van der Waals surface area (Å²) in [5.41, 5.74) is 0.891. The number of likely N-dealkylation sites (N-methyl/N-ethyl adjacent to an activating group) is 1. The number of halogens is 2. The molecule has 7 heteroatoms. The molecule has 0 aromatic heterocycles. The second-order valence-electron chi connectivity index (χ2n) is 7.37. The summed E-state index contributed by atoms with van der Waals surface area (Å²) in [4.78, 5) is 27.9. The van der Waals surface area contributed by atoms with Crippen LogP contribution in [0.2, 0.25) is 10.0 Å². The van der Waals surface area contributed by atoms with Crippen LogP contribution < -0.4 is 0 Å². The van der Waals surface area contributed by atoms with Crippen molar-refractivity contribution in [3.63, 3.8) is 0 Å². The summed E-state index contributed by atoms with van der Waals surface area (Å²) in [6.45, 7) is 0.561. The monoisotopic (exact) mass is 398 g/mol. The Morgan fingerprint density at radius 1 is 1.23 bits per heavy atom. The van der Waals surface area contributed by atoms with Gasteiger partial charge in [-0.05, 0) is 42.9 Å². The van der Waals surface area contributed by atoms with Gasteiger partial charge in [-0.2, -0.15) is 0 Å². The molecule has 1 aromatic rings. The van der Waals surface area contributed by atoms with E-state index in [4.69, 9.17) is 23.2 Å². The van der Waals surface area contributed by atoms with Crippen LogP contribution in [0.5, 0.6) is 0 Å². The third kappa shape index (κ3) is 4.16. The van der Waals surface area contributed by atoms with Crippen molar-refractivity contribution in [1.29, 1.82) is 0 Å². The number of fused-ring (bicyclic) bond motifs is 1. The zero-order valence-corrected chi connectivity index (χ0v) is 16.3. The van der Waals surface area contributed by atoms with Crippen LogP contribution in [0, 0.1) is 5.92 Å². The van der Waals surface area contributed by atoms with Gasteiger partial charge in [-0.1, -0.05) is 42.1 Å². The van der Waals surface area contributed by atoms with E-state index in [1.165, 1.54) is 0 Å². The molecule has 0 radical (unpaired) electrons. The fourth-order valence-corrected chi connectivity index (χ4v) is 4.62. The van der Waals surface area contributed by atoms with Gasteiger partial charge in [0, 0.05) is 19.6 Å². The highest BCUT2D eigenvalue weighted by Gasteiger charge is 2.45. The molecule has 3 unspecified atom stereocenters. The van der Waals surface area contributed by atoms with E-state index >= 15 is 0 Å². The number of rotatable bonds is 5. The molecule has 2 fully saturated rings. The second-order valence-corrected chi connectivity index (χ2v) is 8.19. The van der Waals surface area contributed by atoms with Crippen LogP contribution in [0.25, 0.3) is 0 Å². The standard InChI is InChI=1S/C19H24Cl2N2O3/c1-22(10-12-6-7-14(20)15(21)8-12)18(24)11-23-16-5-3-2-4-13(16)9-17(23)19(25)26/h6-8,13,16-17H,2-5,9-11H2,1H3,(H,25,26). The van der Waals surface area contributed by atoms with Gasteiger partial charge in [0.15, 0.2) is 0 Å². The molecule has 142 valence electrons. The fourth-order valence-electron chi connectivity index (χ4n) is 4.30. The summed E-state index contributed by atoms with van der Waals surface area (Å²) in [7, 11) is 1.73. The first-order valence-electron chi connectivity index (χ1n) is 9.03. The number of likely N-dealkylation sites (tertiary alicyclic amines) is 1. The minimum atomic E-state index is -0.820. The molecule has 1 aliphatic heterocycles. The molecule has 26 heavy (non-hydrogen) atoms. The van der Waals surface area contributed by atoms with Gasteiger partial charge >= 0.3 is 5.97 Å². The zero-order chi connectivity index (χ0) is 18.8. The lowest BCUT2D eigenvalue weighted by Crippen LogP contribution is -2.47. The molecule has 3 atom stereocenters. The predicted octanol–water partition coefficient (Wildman–Crippen LogP) is 3.67. The van der Waals surface area contributed by atoms with Gasteiger partial charge in [-0.25, -0.2) is 0 Å². The number of hydrogen-bond acceptors (Lipinski definition) is 3. The molecule has 3 rings (SSSR count). The number of nitrogens with zero attached hydrogens (tertiary/aromatic N) is 2. The summed E-state index contributed by atoms with van der Waals surface area (Å²) in [5.74, 6) is -0.495. The van der Waals surface area contributed by atoms with Crippen molar-refractivity contribution >= 4 is 35.1 Å². The van der Waals surface area contributed by atoms with E-state index in [2.05, 4.69) is 0 Å². The molecule has 1 aromatic carbocycles. The highest BCUT2D eigenvalue weighted by atomic mass is 35.5. The van der Waals surface area contributed by atoms with Gasteiger partial charge in [0.25, 0.3) is 0 Å². The molecule has 1 amide bonds. The SMILES string of the molecule is CN(Cc1ccc(Cl)c(Cl)c1)C(=O)CN1C(C(=O)O)CC2CCCCC21. The Morgan fingerprint density at radius 3 is 2.65 bits per heavy atom. The smallest absolute Gasteiger partial charge is 0.320 e. The first-order valence-corrected chi connectivity index (χ1v) is 9.79. The molecule has 1 saturated heterocycles. The van der Waals surface area contributed by atoms with E-state index in [1.54, 1.807) is 24.1 Å². The zero-order valence-electron chi connectivity index (χ0n) is 14.8. The number of carboxylic acids is 1. The molecule has 0 spiro atoms. The molecular weight excluding hydrogens is 375 g/mol. The largest absolute Gasteiger partial charge is 0.480 e. The van der Waals surface area contributed by atoms with Crippen molar-refractivity contribution in [1.82, 2.24) is 9.80 Å². The first-order chi connectivity index (χ1) is 12.4. The number of carbonyl (C=O) groups excluding carboxylic acids is 1. The van der Waals surface area contributed by atoms with Gasteiger partial charge < -0.3 is 10.0 Å². The van der Waals surface area contributed by atoms with Crippen molar-refractivity contribution in [3.8, 4) is 0 Å². The van der Waals surface area contributed by atoms with Crippen LogP contribution in [-0.2, 0) is 16.1 Å². The number of amides is 1.